The lowest BCUT2D eigenvalue weighted by Gasteiger charge is -2.26. The van der Waals surface area contributed by atoms with Gasteiger partial charge in [-0.05, 0) is 44.0 Å². The van der Waals surface area contributed by atoms with Crippen LogP contribution in [0.15, 0.2) is 48.5 Å². The maximum absolute atomic E-state index is 12.8. The highest BCUT2D eigenvalue weighted by Gasteiger charge is 2.34. The second kappa shape index (κ2) is 8.77. The zero-order valence-electron chi connectivity index (χ0n) is 16.7. The Hall–Kier alpha value is -3.35. The number of ether oxygens (including phenoxy) is 2. The van der Waals surface area contributed by atoms with Gasteiger partial charge >= 0.3 is 5.97 Å². The molecule has 0 aromatic heterocycles. The molecule has 2 aromatic carbocycles. The summed E-state index contributed by atoms with van der Waals surface area (Å²) < 4.78 is 10.4. The molecule has 152 valence electrons. The summed E-state index contributed by atoms with van der Waals surface area (Å²) in [6.45, 7) is 3.15. The minimum atomic E-state index is -0.959. The fraction of sp³-hybridized carbons (Fsp3) is 0.318. The van der Waals surface area contributed by atoms with E-state index in [2.05, 4.69) is 5.32 Å². The molecule has 1 N–H and O–H groups in total. The van der Waals surface area contributed by atoms with Crippen molar-refractivity contribution in [2.75, 3.05) is 18.6 Å². The molecule has 7 nitrogen and oxygen atoms in total. The number of amides is 2. The smallest absolute Gasteiger partial charge is 0.326 e. The van der Waals surface area contributed by atoms with Gasteiger partial charge in [0.05, 0.1) is 12.7 Å². The Kier molecular flexibility index (Phi) is 6.16. The van der Waals surface area contributed by atoms with Gasteiger partial charge in [0.1, 0.15) is 12.3 Å². The number of anilines is 1. The lowest BCUT2D eigenvalue weighted by atomic mass is 10.1. The number of carbonyl (C=O) groups is 3. The molecule has 1 heterocycles. The molecular weight excluding hydrogens is 372 g/mol. The maximum atomic E-state index is 12.8. The second-order valence-electron chi connectivity index (χ2n) is 6.91. The Morgan fingerprint density at radius 1 is 1.14 bits per heavy atom. The molecule has 2 amide bonds. The summed E-state index contributed by atoms with van der Waals surface area (Å²) >= 11 is 0. The van der Waals surface area contributed by atoms with Gasteiger partial charge in [0.15, 0.2) is 6.10 Å². The number of nitrogens with one attached hydrogen (secondary N) is 1. The summed E-state index contributed by atoms with van der Waals surface area (Å²) in [6.07, 6.45) is -0.198. The molecule has 1 aliphatic rings. The van der Waals surface area contributed by atoms with Crippen LogP contribution in [0.25, 0.3) is 0 Å². The average Bonchev–Trinajstić information content (AvgIpc) is 3.06. The first-order chi connectivity index (χ1) is 13.9. The van der Waals surface area contributed by atoms with Crippen LogP contribution in [0.5, 0.6) is 5.75 Å². The van der Waals surface area contributed by atoms with E-state index in [4.69, 9.17) is 9.47 Å². The molecule has 3 rings (SSSR count). The van der Waals surface area contributed by atoms with Gasteiger partial charge in [-0.15, -0.1) is 0 Å². The lowest BCUT2D eigenvalue weighted by Crippen LogP contribution is -2.44. The number of rotatable bonds is 6. The molecule has 0 bridgehead atoms. The number of nitrogens with zero attached hydrogens (tertiary/aromatic N) is 1. The highest BCUT2D eigenvalue weighted by Crippen LogP contribution is 2.32. The zero-order valence-corrected chi connectivity index (χ0v) is 16.7. The molecule has 1 aliphatic heterocycles. The Morgan fingerprint density at radius 2 is 1.83 bits per heavy atom. The second-order valence-corrected chi connectivity index (χ2v) is 6.91. The Labute approximate surface area is 169 Å². The number of fused-ring (bicyclic) bond motifs is 1. The van der Waals surface area contributed by atoms with Crippen LogP contribution in [0.1, 0.15) is 29.8 Å². The number of hydrogen-bond acceptors (Lipinski definition) is 5. The standard InChI is InChI=1S/C22H24N2O5/c1-14-12-16-8-4-6-10-18(16)24(14)22(27)15(2)29-20(25)13-23-21(26)17-9-5-7-11-19(17)28-3/h4-11,14-15H,12-13H2,1-3H3,(H,23,26)/t14-,15+/m0/s1. The number of benzene rings is 2. The van der Waals surface area contributed by atoms with E-state index in [1.165, 1.54) is 14.0 Å². The van der Waals surface area contributed by atoms with E-state index in [1.54, 1.807) is 29.2 Å². The van der Waals surface area contributed by atoms with Crippen LogP contribution in [-0.4, -0.2) is 43.6 Å². The maximum Gasteiger partial charge on any atom is 0.326 e. The van der Waals surface area contributed by atoms with Gasteiger partial charge in [0.25, 0.3) is 11.8 Å². The van der Waals surface area contributed by atoms with Crippen molar-refractivity contribution in [2.45, 2.75) is 32.4 Å². The van der Waals surface area contributed by atoms with Crippen molar-refractivity contribution in [1.29, 1.82) is 0 Å². The number of methoxy groups -OCH3 is 1. The van der Waals surface area contributed by atoms with E-state index in [0.29, 0.717) is 11.3 Å². The third kappa shape index (κ3) is 4.39. The zero-order chi connectivity index (χ0) is 21.0. The minimum Gasteiger partial charge on any atom is -0.496 e. The van der Waals surface area contributed by atoms with E-state index < -0.39 is 18.0 Å². The van der Waals surface area contributed by atoms with Crippen molar-refractivity contribution in [3.8, 4) is 5.75 Å². The normalized spacial score (nSPS) is 16.0. The third-order valence-electron chi connectivity index (χ3n) is 4.85. The van der Waals surface area contributed by atoms with Crippen LogP contribution < -0.4 is 15.0 Å². The molecule has 0 aliphatic carbocycles. The van der Waals surface area contributed by atoms with Gasteiger partial charge in [-0.3, -0.25) is 14.4 Å². The first-order valence-electron chi connectivity index (χ1n) is 9.44. The number of carbonyl (C=O) groups excluding carboxylic acids is 3. The first kappa shape index (κ1) is 20.4. The van der Waals surface area contributed by atoms with E-state index in [9.17, 15) is 14.4 Å². The lowest BCUT2D eigenvalue weighted by molar-refractivity contribution is -0.152. The van der Waals surface area contributed by atoms with Crippen molar-refractivity contribution in [1.82, 2.24) is 5.32 Å². The Bertz CT molecular complexity index is 927. The topological polar surface area (TPSA) is 84.9 Å². The SMILES string of the molecule is COc1ccccc1C(=O)NCC(=O)O[C@H](C)C(=O)N1c2ccccc2C[C@@H]1C. The Morgan fingerprint density at radius 3 is 2.59 bits per heavy atom. The van der Waals surface area contributed by atoms with Crippen LogP contribution in [0, 0.1) is 0 Å². The fourth-order valence-electron chi connectivity index (χ4n) is 3.47. The summed E-state index contributed by atoms with van der Waals surface area (Å²) in [4.78, 5) is 38.9. The van der Waals surface area contributed by atoms with Crippen molar-refractivity contribution < 1.29 is 23.9 Å². The minimum absolute atomic E-state index is 0.00806. The van der Waals surface area contributed by atoms with Crippen LogP contribution in [-0.2, 0) is 20.7 Å². The molecular formula is C22H24N2O5. The number of esters is 1. The summed E-state index contributed by atoms with van der Waals surface area (Å²) in [7, 11) is 1.46. The molecule has 0 saturated carbocycles. The van der Waals surface area contributed by atoms with Crippen LogP contribution in [0.2, 0.25) is 0 Å². The van der Waals surface area contributed by atoms with Crippen molar-refractivity contribution in [3.63, 3.8) is 0 Å². The van der Waals surface area contributed by atoms with Crippen molar-refractivity contribution >= 4 is 23.5 Å². The summed E-state index contributed by atoms with van der Waals surface area (Å²) in [5.41, 5.74) is 2.25. The number of hydrogen-bond donors (Lipinski definition) is 1. The molecule has 2 atom stereocenters. The van der Waals surface area contributed by atoms with Gasteiger partial charge in [-0.1, -0.05) is 30.3 Å². The van der Waals surface area contributed by atoms with E-state index in [-0.39, 0.29) is 18.5 Å². The summed E-state index contributed by atoms with van der Waals surface area (Å²) in [5, 5.41) is 2.49. The van der Waals surface area contributed by atoms with E-state index in [0.717, 1.165) is 17.7 Å². The predicted octanol–water partition coefficient (Wildman–Crippen LogP) is 2.33. The fourth-order valence-corrected chi connectivity index (χ4v) is 3.47. The van der Waals surface area contributed by atoms with Crippen LogP contribution in [0.4, 0.5) is 5.69 Å². The molecule has 0 spiro atoms. The van der Waals surface area contributed by atoms with Gasteiger partial charge in [-0.25, -0.2) is 0 Å². The van der Waals surface area contributed by atoms with Gasteiger partial charge < -0.3 is 19.7 Å². The average molecular weight is 396 g/mol. The summed E-state index contributed by atoms with van der Waals surface area (Å²) in [6, 6.07) is 14.4. The van der Waals surface area contributed by atoms with Crippen molar-refractivity contribution in [2.24, 2.45) is 0 Å². The van der Waals surface area contributed by atoms with Gasteiger partial charge in [0, 0.05) is 11.7 Å². The number of para-hydroxylation sites is 2. The molecule has 7 heteroatoms. The third-order valence-corrected chi connectivity index (χ3v) is 4.85. The molecule has 29 heavy (non-hydrogen) atoms. The first-order valence-corrected chi connectivity index (χ1v) is 9.44. The van der Waals surface area contributed by atoms with E-state index >= 15 is 0 Å². The molecule has 0 saturated heterocycles. The highest BCUT2D eigenvalue weighted by atomic mass is 16.5. The van der Waals surface area contributed by atoms with Gasteiger partial charge in [0.2, 0.25) is 0 Å². The molecule has 0 fully saturated rings. The highest BCUT2D eigenvalue weighted by molar-refractivity contribution is 6.00. The largest absolute Gasteiger partial charge is 0.496 e. The van der Waals surface area contributed by atoms with Crippen LogP contribution >= 0.6 is 0 Å². The Balaban J connectivity index is 1.57. The molecule has 0 unspecified atom stereocenters. The van der Waals surface area contributed by atoms with Crippen LogP contribution in [0.3, 0.4) is 0 Å². The molecule has 2 aromatic rings. The monoisotopic (exact) mass is 396 g/mol. The van der Waals surface area contributed by atoms with E-state index in [1.807, 2.05) is 31.2 Å². The quantitative estimate of drug-likeness (QED) is 0.758. The predicted molar refractivity (Wildman–Crippen MR) is 108 cm³/mol. The van der Waals surface area contributed by atoms with Crippen molar-refractivity contribution in [3.05, 3.63) is 59.7 Å². The van der Waals surface area contributed by atoms with Gasteiger partial charge in [-0.2, -0.15) is 0 Å². The summed E-state index contributed by atoms with van der Waals surface area (Å²) in [5.74, 6) is -1.02. The molecule has 0 radical (unpaired) electrons.